The van der Waals surface area contributed by atoms with Crippen LogP contribution in [0.1, 0.15) is 27.0 Å². The van der Waals surface area contributed by atoms with E-state index in [9.17, 15) is 4.79 Å². The van der Waals surface area contributed by atoms with Gasteiger partial charge in [0.2, 0.25) is 0 Å². The zero-order valence-corrected chi connectivity index (χ0v) is 13.2. The summed E-state index contributed by atoms with van der Waals surface area (Å²) in [5, 5.41) is 2.96. The average molecular weight is 306 g/mol. The molecular weight excluding hydrogens is 288 g/mol. The second-order valence-corrected chi connectivity index (χ2v) is 5.49. The molecule has 116 valence electrons. The van der Waals surface area contributed by atoms with Gasteiger partial charge in [0.25, 0.3) is 5.91 Å². The lowest BCUT2D eigenvalue weighted by Gasteiger charge is -2.10. The number of benzene rings is 1. The first-order chi connectivity index (χ1) is 11.1. The number of carbonyl (C=O) groups excluding carboxylic acids is 1. The number of carbonyl (C=O) groups is 1. The van der Waals surface area contributed by atoms with Crippen LogP contribution in [0.2, 0.25) is 0 Å². The third kappa shape index (κ3) is 3.31. The highest BCUT2D eigenvalue weighted by molar-refractivity contribution is 5.95. The summed E-state index contributed by atoms with van der Waals surface area (Å²) in [6, 6.07) is 13.3. The minimum Gasteiger partial charge on any atom is -0.463 e. The van der Waals surface area contributed by atoms with Gasteiger partial charge in [0.1, 0.15) is 5.69 Å². The Bertz CT molecular complexity index is 823. The van der Waals surface area contributed by atoms with Crippen molar-refractivity contribution in [1.82, 2.24) is 10.3 Å². The van der Waals surface area contributed by atoms with Crippen LogP contribution in [0.15, 0.2) is 59.3 Å². The van der Waals surface area contributed by atoms with Crippen LogP contribution in [0.3, 0.4) is 0 Å². The molecule has 23 heavy (non-hydrogen) atoms. The lowest BCUT2D eigenvalue weighted by molar-refractivity contribution is 0.0950. The number of nitrogens with one attached hydrogen (secondary N) is 1. The first-order valence-corrected chi connectivity index (χ1v) is 7.48. The zero-order valence-electron chi connectivity index (χ0n) is 13.2. The predicted octanol–water partition coefficient (Wildman–Crippen LogP) is 3.89. The molecule has 0 bridgehead atoms. The van der Waals surface area contributed by atoms with Crippen molar-refractivity contribution < 1.29 is 9.21 Å². The van der Waals surface area contributed by atoms with Crippen molar-refractivity contribution >= 4 is 5.91 Å². The molecule has 0 fully saturated rings. The van der Waals surface area contributed by atoms with Crippen LogP contribution in [0.4, 0.5) is 0 Å². The Balaban J connectivity index is 1.77. The smallest absolute Gasteiger partial charge is 0.251 e. The molecule has 0 saturated carbocycles. The van der Waals surface area contributed by atoms with Gasteiger partial charge in [0, 0.05) is 23.9 Å². The van der Waals surface area contributed by atoms with Crippen LogP contribution in [-0.2, 0) is 6.54 Å². The van der Waals surface area contributed by atoms with Gasteiger partial charge in [-0.05, 0) is 43.7 Å². The molecule has 0 radical (unpaired) electrons. The second kappa shape index (κ2) is 6.48. The molecule has 0 atom stereocenters. The third-order valence-electron chi connectivity index (χ3n) is 3.71. The topological polar surface area (TPSA) is 55.1 Å². The van der Waals surface area contributed by atoms with Crippen molar-refractivity contribution in [1.29, 1.82) is 0 Å². The average Bonchev–Trinajstić information content (AvgIpc) is 3.07. The van der Waals surface area contributed by atoms with E-state index in [1.807, 2.05) is 56.3 Å². The van der Waals surface area contributed by atoms with E-state index < -0.39 is 0 Å². The number of furan rings is 1. The highest BCUT2D eigenvalue weighted by Gasteiger charge is 2.12. The number of aryl methyl sites for hydroxylation is 2. The van der Waals surface area contributed by atoms with Crippen molar-refractivity contribution in [2.24, 2.45) is 0 Å². The maximum absolute atomic E-state index is 12.4. The SMILES string of the molecule is Cc1ccc(C(=O)NCc2cccnc2-c2ccco2)c(C)c1. The molecule has 1 N–H and O–H groups in total. The first kappa shape index (κ1) is 15.0. The highest BCUT2D eigenvalue weighted by atomic mass is 16.3. The van der Waals surface area contributed by atoms with Crippen molar-refractivity contribution in [2.45, 2.75) is 20.4 Å². The number of nitrogens with zero attached hydrogens (tertiary/aromatic N) is 1. The second-order valence-electron chi connectivity index (χ2n) is 5.49. The van der Waals surface area contributed by atoms with Gasteiger partial charge in [-0.1, -0.05) is 23.8 Å². The summed E-state index contributed by atoms with van der Waals surface area (Å²) in [6.07, 6.45) is 3.33. The van der Waals surface area contributed by atoms with Crippen molar-refractivity contribution in [3.8, 4) is 11.5 Å². The largest absolute Gasteiger partial charge is 0.463 e. The Morgan fingerprint density at radius 2 is 2.04 bits per heavy atom. The fraction of sp³-hybridized carbons (Fsp3) is 0.158. The lowest BCUT2D eigenvalue weighted by Crippen LogP contribution is -2.24. The molecule has 0 unspecified atom stereocenters. The minimum absolute atomic E-state index is 0.0863. The van der Waals surface area contributed by atoms with Gasteiger partial charge in [0.05, 0.1) is 6.26 Å². The van der Waals surface area contributed by atoms with Gasteiger partial charge >= 0.3 is 0 Å². The van der Waals surface area contributed by atoms with E-state index in [0.717, 1.165) is 22.4 Å². The number of hydrogen-bond donors (Lipinski definition) is 1. The summed E-state index contributed by atoms with van der Waals surface area (Å²) in [5.74, 6) is 0.609. The first-order valence-electron chi connectivity index (χ1n) is 7.48. The van der Waals surface area contributed by atoms with Crippen LogP contribution >= 0.6 is 0 Å². The maximum Gasteiger partial charge on any atom is 0.251 e. The van der Waals surface area contributed by atoms with Gasteiger partial charge < -0.3 is 9.73 Å². The van der Waals surface area contributed by atoms with Gasteiger partial charge in [-0.2, -0.15) is 0 Å². The molecule has 1 aromatic carbocycles. The number of rotatable bonds is 4. The van der Waals surface area contributed by atoms with Crippen LogP contribution in [0.25, 0.3) is 11.5 Å². The van der Waals surface area contributed by atoms with Gasteiger partial charge in [-0.25, -0.2) is 0 Å². The van der Waals surface area contributed by atoms with Crippen molar-refractivity contribution in [3.05, 3.63) is 77.2 Å². The summed E-state index contributed by atoms with van der Waals surface area (Å²) in [5.41, 5.74) is 4.48. The van der Waals surface area contributed by atoms with Gasteiger partial charge in [0.15, 0.2) is 5.76 Å². The van der Waals surface area contributed by atoms with E-state index in [0.29, 0.717) is 17.9 Å². The number of aromatic nitrogens is 1. The quantitative estimate of drug-likeness (QED) is 0.795. The lowest BCUT2D eigenvalue weighted by atomic mass is 10.0. The molecule has 0 aliphatic rings. The van der Waals surface area contributed by atoms with E-state index in [4.69, 9.17) is 4.42 Å². The third-order valence-corrected chi connectivity index (χ3v) is 3.71. The van der Waals surface area contributed by atoms with Crippen LogP contribution in [0, 0.1) is 13.8 Å². The standard InChI is InChI=1S/C19H18N2O2/c1-13-7-8-16(14(2)11-13)19(22)21-12-15-5-3-9-20-18(15)17-6-4-10-23-17/h3-11H,12H2,1-2H3,(H,21,22). The number of amides is 1. The van der Waals surface area contributed by atoms with E-state index >= 15 is 0 Å². The molecule has 2 heterocycles. The Labute approximate surface area is 135 Å². The Kier molecular flexibility index (Phi) is 4.24. The molecular formula is C19H18N2O2. The zero-order chi connectivity index (χ0) is 16.2. The van der Waals surface area contributed by atoms with E-state index in [2.05, 4.69) is 10.3 Å². The van der Waals surface area contributed by atoms with E-state index in [1.54, 1.807) is 12.5 Å². The molecule has 4 nitrogen and oxygen atoms in total. The summed E-state index contributed by atoms with van der Waals surface area (Å²) < 4.78 is 5.41. The fourth-order valence-electron chi connectivity index (χ4n) is 2.56. The fourth-order valence-corrected chi connectivity index (χ4v) is 2.56. The van der Waals surface area contributed by atoms with E-state index in [-0.39, 0.29) is 5.91 Å². The Morgan fingerprint density at radius 3 is 2.78 bits per heavy atom. The van der Waals surface area contributed by atoms with E-state index in [1.165, 1.54) is 0 Å². The predicted molar refractivity (Wildman–Crippen MR) is 89.0 cm³/mol. The minimum atomic E-state index is -0.0863. The highest BCUT2D eigenvalue weighted by Crippen LogP contribution is 2.21. The normalized spacial score (nSPS) is 10.5. The Morgan fingerprint density at radius 1 is 1.17 bits per heavy atom. The van der Waals surface area contributed by atoms with Gasteiger partial charge in [-0.3, -0.25) is 9.78 Å². The van der Waals surface area contributed by atoms with Crippen molar-refractivity contribution in [3.63, 3.8) is 0 Å². The molecule has 0 saturated heterocycles. The molecule has 0 spiro atoms. The molecule has 4 heteroatoms. The monoisotopic (exact) mass is 306 g/mol. The Hall–Kier alpha value is -2.88. The molecule has 3 aromatic rings. The summed E-state index contributed by atoms with van der Waals surface area (Å²) in [6.45, 7) is 4.36. The summed E-state index contributed by atoms with van der Waals surface area (Å²) in [7, 11) is 0. The maximum atomic E-state index is 12.4. The van der Waals surface area contributed by atoms with Crippen molar-refractivity contribution in [2.75, 3.05) is 0 Å². The van der Waals surface area contributed by atoms with Crippen LogP contribution in [0.5, 0.6) is 0 Å². The summed E-state index contributed by atoms with van der Waals surface area (Å²) >= 11 is 0. The molecule has 0 aliphatic heterocycles. The van der Waals surface area contributed by atoms with Crippen LogP contribution < -0.4 is 5.32 Å². The number of hydrogen-bond acceptors (Lipinski definition) is 3. The van der Waals surface area contributed by atoms with Crippen LogP contribution in [-0.4, -0.2) is 10.9 Å². The summed E-state index contributed by atoms with van der Waals surface area (Å²) in [4.78, 5) is 16.7. The number of pyridine rings is 1. The molecule has 1 amide bonds. The molecule has 0 aliphatic carbocycles. The molecule has 3 rings (SSSR count). The van der Waals surface area contributed by atoms with Gasteiger partial charge in [-0.15, -0.1) is 0 Å². The molecule has 2 aromatic heterocycles.